The molecular weight excluding hydrogens is 230 g/mol. The van der Waals surface area contributed by atoms with Gasteiger partial charge >= 0.3 is 5.69 Å². The Kier molecular flexibility index (Phi) is 3.64. The molecule has 0 saturated carbocycles. The SMILES string of the molecule is CNCC(O)c1ccc(-n2ccn(C)c2=O)cc1. The van der Waals surface area contributed by atoms with Gasteiger partial charge in [-0.3, -0.25) is 4.57 Å². The van der Waals surface area contributed by atoms with Gasteiger partial charge in [-0.1, -0.05) is 12.1 Å². The van der Waals surface area contributed by atoms with Gasteiger partial charge in [-0.05, 0) is 24.7 Å². The van der Waals surface area contributed by atoms with Crippen LogP contribution < -0.4 is 11.0 Å². The van der Waals surface area contributed by atoms with Gasteiger partial charge < -0.3 is 15.0 Å². The molecule has 96 valence electrons. The number of aliphatic hydroxyl groups excluding tert-OH is 1. The van der Waals surface area contributed by atoms with Gasteiger partial charge in [0.25, 0.3) is 0 Å². The quantitative estimate of drug-likeness (QED) is 0.823. The minimum Gasteiger partial charge on any atom is -0.387 e. The van der Waals surface area contributed by atoms with Crippen molar-refractivity contribution in [1.29, 1.82) is 0 Å². The van der Waals surface area contributed by atoms with Crippen LogP contribution >= 0.6 is 0 Å². The number of hydrogen-bond acceptors (Lipinski definition) is 3. The van der Waals surface area contributed by atoms with Crippen LogP contribution in [0.15, 0.2) is 41.5 Å². The van der Waals surface area contributed by atoms with Gasteiger partial charge in [0.15, 0.2) is 0 Å². The Balaban J connectivity index is 2.28. The highest BCUT2D eigenvalue weighted by Crippen LogP contribution is 2.14. The molecule has 0 aliphatic rings. The molecule has 18 heavy (non-hydrogen) atoms. The smallest absolute Gasteiger partial charge is 0.332 e. The van der Waals surface area contributed by atoms with Gasteiger partial charge in [0.1, 0.15) is 0 Å². The lowest BCUT2D eigenvalue weighted by Gasteiger charge is -2.10. The summed E-state index contributed by atoms with van der Waals surface area (Å²) in [7, 11) is 3.50. The molecule has 0 amide bonds. The zero-order valence-electron chi connectivity index (χ0n) is 10.5. The number of benzene rings is 1. The number of nitrogens with one attached hydrogen (secondary N) is 1. The van der Waals surface area contributed by atoms with Crippen LogP contribution in [0.5, 0.6) is 0 Å². The first kappa shape index (κ1) is 12.6. The zero-order chi connectivity index (χ0) is 13.1. The summed E-state index contributed by atoms with van der Waals surface area (Å²) >= 11 is 0. The Morgan fingerprint density at radius 3 is 2.44 bits per heavy atom. The number of aliphatic hydroxyl groups is 1. The minimum atomic E-state index is -0.531. The summed E-state index contributed by atoms with van der Waals surface area (Å²) in [5.41, 5.74) is 1.54. The van der Waals surface area contributed by atoms with E-state index in [0.29, 0.717) is 6.54 Å². The first-order chi connectivity index (χ1) is 8.63. The molecule has 0 fully saturated rings. The summed E-state index contributed by atoms with van der Waals surface area (Å²) in [6, 6.07) is 7.32. The normalized spacial score (nSPS) is 12.6. The predicted molar refractivity (Wildman–Crippen MR) is 69.9 cm³/mol. The second kappa shape index (κ2) is 5.20. The molecule has 0 aliphatic carbocycles. The zero-order valence-corrected chi connectivity index (χ0v) is 10.5. The molecule has 2 rings (SSSR count). The van der Waals surface area contributed by atoms with Gasteiger partial charge in [0, 0.05) is 26.0 Å². The van der Waals surface area contributed by atoms with Crippen LogP contribution in [0.3, 0.4) is 0 Å². The molecule has 1 heterocycles. The molecule has 0 aliphatic heterocycles. The monoisotopic (exact) mass is 247 g/mol. The summed E-state index contributed by atoms with van der Waals surface area (Å²) in [4.78, 5) is 11.8. The lowest BCUT2D eigenvalue weighted by molar-refractivity contribution is 0.178. The molecule has 1 aromatic heterocycles. The van der Waals surface area contributed by atoms with E-state index in [0.717, 1.165) is 11.3 Å². The molecule has 2 N–H and O–H groups in total. The van der Waals surface area contributed by atoms with E-state index in [2.05, 4.69) is 5.32 Å². The Labute approximate surface area is 105 Å². The van der Waals surface area contributed by atoms with Crippen molar-refractivity contribution in [2.45, 2.75) is 6.10 Å². The number of rotatable bonds is 4. The fourth-order valence-electron chi connectivity index (χ4n) is 1.83. The van der Waals surface area contributed by atoms with Gasteiger partial charge in [-0.25, -0.2) is 4.79 Å². The summed E-state index contributed by atoms with van der Waals surface area (Å²) < 4.78 is 3.08. The largest absolute Gasteiger partial charge is 0.387 e. The van der Waals surface area contributed by atoms with Gasteiger partial charge in [-0.15, -0.1) is 0 Å². The molecule has 1 atom stereocenters. The molecule has 1 unspecified atom stereocenters. The number of hydrogen-bond donors (Lipinski definition) is 2. The van der Waals surface area contributed by atoms with Crippen LogP contribution in [0.25, 0.3) is 5.69 Å². The molecule has 0 bridgehead atoms. The second-order valence-electron chi connectivity index (χ2n) is 4.23. The number of nitrogens with zero attached hydrogens (tertiary/aromatic N) is 2. The van der Waals surface area contributed by atoms with Crippen LogP contribution in [-0.2, 0) is 7.05 Å². The average Bonchev–Trinajstić information content (AvgIpc) is 2.71. The van der Waals surface area contributed by atoms with Crippen LogP contribution in [0.2, 0.25) is 0 Å². The number of likely N-dealkylation sites (N-methyl/N-ethyl adjacent to an activating group) is 1. The summed E-state index contributed by atoms with van der Waals surface area (Å²) in [6.45, 7) is 0.505. The highest BCUT2D eigenvalue weighted by atomic mass is 16.3. The fraction of sp³-hybridized carbons (Fsp3) is 0.308. The van der Waals surface area contributed by atoms with E-state index in [1.54, 1.807) is 31.1 Å². The Bertz CT molecular complexity index is 569. The summed E-state index contributed by atoms with van der Waals surface area (Å²) in [6.07, 6.45) is 2.91. The van der Waals surface area contributed by atoms with Gasteiger partial charge in [-0.2, -0.15) is 0 Å². The standard InChI is InChI=1S/C13H17N3O2/c1-14-9-12(17)10-3-5-11(6-4-10)16-8-7-15(2)13(16)18/h3-8,12,14,17H,9H2,1-2H3. The Morgan fingerprint density at radius 2 is 1.94 bits per heavy atom. The Morgan fingerprint density at radius 1 is 1.28 bits per heavy atom. The molecule has 0 spiro atoms. The van der Waals surface area contributed by atoms with E-state index in [-0.39, 0.29) is 5.69 Å². The van der Waals surface area contributed by atoms with Crippen molar-refractivity contribution in [2.75, 3.05) is 13.6 Å². The van der Waals surface area contributed by atoms with E-state index in [1.165, 1.54) is 4.57 Å². The van der Waals surface area contributed by atoms with Gasteiger partial charge in [0.05, 0.1) is 11.8 Å². The third kappa shape index (κ3) is 2.37. The third-order valence-electron chi connectivity index (χ3n) is 2.90. The first-order valence-electron chi connectivity index (χ1n) is 5.80. The maximum atomic E-state index is 11.8. The number of imidazole rings is 1. The van der Waals surface area contributed by atoms with Crippen molar-refractivity contribution in [3.63, 3.8) is 0 Å². The predicted octanol–water partition coefficient (Wildman–Crippen LogP) is 0.429. The van der Waals surface area contributed by atoms with Crippen LogP contribution in [0.4, 0.5) is 0 Å². The van der Waals surface area contributed by atoms with Crippen LogP contribution in [0, 0.1) is 0 Å². The van der Waals surface area contributed by atoms with E-state index < -0.39 is 6.10 Å². The molecule has 0 radical (unpaired) electrons. The number of aromatic nitrogens is 2. The molecule has 2 aromatic rings. The minimum absolute atomic E-state index is 0.0847. The highest BCUT2D eigenvalue weighted by Gasteiger charge is 2.07. The lowest BCUT2D eigenvalue weighted by atomic mass is 10.1. The van der Waals surface area contributed by atoms with Gasteiger partial charge in [0.2, 0.25) is 0 Å². The van der Waals surface area contributed by atoms with Crippen LogP contribution in [0.1, 0.15) is 11.7 Å². The average molecular weight is 247 g/mol. The second-order valence-corrected chi connectivity index (χ2v) is 4.23. The lowest BCUT2D eigenvalue weighted by Crippen LogP contribution is -2.20. The van der Waals surface area contributed by atoms with Crippen molar-refractivity contribution in [1.82, 2.24) is 14.5 Å². The van der Waals surface area contributed by atoms with Crippen molar-refractivity contribution >= 4 is 0 Å². The highest BCUT2D eigenvalue weighted by molar-refractivity contribution is 5.35. The topological polar surface area (TPSA) is 59.2 Å². The summed E-state index contributed by atoms with van der Waals surface area (Å²) in [5.74, 6) is 0. The van der Waals surface area contributed by atoms with E-state index in [9.17, 15) is 9.90 Å². The van der Waals surface area contributed by atoms with E-state index >= 15 is 0 Å². The van der Waals surface area contributed by atoms with Crippen molar-refractivity contribution in [3.05, 3.63) is 52.7 Å². The van der Waals surface area contributed by atoms with E-state index in [4.69, 9.17) is 0 Å². The van der Waals surface area contributed by atoms with Crippen molar-refractivity contribution in [2.24, 2.45) is 7.05 Å². The summed E-state index contributed by atoms with van der Waals surface area (Å²) in [5, 5.41) is 12.7. The molecule has 0 saturated heterocycles. The first-order valence-corrected chi connectivity index (χ1v) is 5.80. The molecule has 5 heteroatoms. The molecular formula is C13H17N3O2. The third-order valence-corrected chi connectivity index (χ3v) is 2.90. The van der Waals surface area contributed by atoms with Crippen molar-refractivity contribution < 1.29 is 5.11 Å². The van der Waals surface area contributed by atoms with E-state index in [1.807, 2.05) is 24.3 Å². The maximum Gasteiger partial charge on any atom is 0.332 e. The molecule has 1 aromatic carbocycles. The van der Waals surface area contributed by atoms with Crippen molar-refractivity contribution in [3.8, 4) is 5.69 Å². The van der Waals surface area contributed by atoms with Crippen LogP contribution in [-0.4, -0.2) is 27.8 Å². The number of aryl methyl sites for hydroxylation is 1. The fourth-order valence-corrected chi connectivity index (χ4v) is 1.83. The molecule has 5 nitrogen and oxygen atoms in total. The Hall–Kier alpha value is -1.85. The maximum absolute atomic E-state index is 11.8.